The second kappa shape index (κ2) is 6.06. The molecule has 2 rings (SSSR count). The Hall–Kier alpha value is -0.800. The highest BCUT2D eigenvalue weighted by Crippen LogP contribution is 2.19. The zero-order valence-electron chi connectivity index (χ0n) is 10.1. The van der Waals surface area contributed by atoms with Gasteiger partial charge >= 0.3 is 0 Å². The van der Waals surface area contributed by atoms with Crippen LogP contribution in [-0.4, -0.2) is 23.8 Å². The van der Waals surface area contributed by atoms with E-state index in [0.717, 1.165) is 38.8 Å². The Morgan fingerprint density at radius 1 is 1.50 bits per heavy atom. The summed E-state index contributed by atoms with van der Waals surface area (Å²) in [6, 6.07) is 3.00. The summed E-state index contributed by atoms with van der Waals surface area (Å²) in [6.45, 7) is 5.80. The topological polar surface area (TPSA) is 26.2 Å². The van der Waals surface area contributed by atoms with E-state index in [1.165, 1.54) is 18.4 Å². The van der Waals surface area contributed by atoms with Gasteiger partial charge in [-0.25, -0.2) is 0 Å². The summed E-state index contributed by atoms with van der Waals surface area (Å²) in [4.78, 5) is 0. The summed E-state index contributed by atoms with van der Waals surface area (Å²) in [5.41, 5.74) is 1.39. The van der Waals surface area contributed by atoms with Crippen LogP contribution in [0.2, 0.25) is 0 Å². The molecule has 1 saturated carbocycles. The van der Waals surface area contributed by atoms with Gasteiger partial charge in [0.15, 0.2) is 0 Å². The summed E-state index contributed by atoms with van der Waals surface area (Å²) in [6.07, 6.45) is 8.21. The Morgan fingerprint density at radius 2 is 2.38 bits per heavy atom. The van der Waals surface area contributed by atoms with Crippen LogP contribution in [-0.2, 0) is 17.8 Å². The molecule has 0 aromatic carbocycles. The number of nitrogens with zero attached hydrogens (tertiary/aromatic N) is 1. The molecule has 1 heterocycles. The van der Waals surface area contributed by atoms with Crippen LogP contribution in [0.5, 0.6) is 0 Å². The molecule has 1 aliphatic carbocycles. The summed E-state index contributed by atoms with van der Waals surface area (Å²) in [5.74, 6) is 0. The average Bonchev–Trinajstić information content (AvgIpc) is 3.02. The van der Waals surface area contributed by atoms with Gasteiger partial charge in [0.25, 0.3) is 0 Å². The normalized spacial score (nSPS) is 15.6. The molecule has 0 saturated heterocycles. The van der Waals surface area contributed by atoms with E-state index in [-0.39, 0.29) is 0 Å². The predicted octanol–water partition coefficient (Wildman–Crippen LogP) is 2.17. The minimum absolute atomic E-state index is 0.793. The molecule has 1 fully saturated rings. The van der Waals surface area contributed by atoms with E-state index in [4.69, 9.17) is 4.74 Å². The molecule has 16 heavy (non-hydrogen) atoms. The predicted molar refractivity (Wildman–Crippen MR) is 65.4 cm³/mol. The van der Waals surface area contributed by atoms with Crippen LogP contribution >= 0.6 is 0 Å². The highest BCUT2D eigenvalue weighted by atomic mass is 16.5. The zero-order valence-corrected chi connectivity index (χ0v) is 10.1. The van der Waals surface area contributed by atoms with Crippen molar-refractivity contribution in [3.63, 3.8) is 0 Å². The van der Waals surface area contributed by atoms with Crippen LogP contribution in [0, 0.1) is 0 Å². The number of rotatable bonds is 8. The lowest BCUT2D eigenvalue weighted by Crippen LogP contribution is -2.14. The maximum Gasteiger partial charge on any atom is 0.0482 e. The number of hydrogen-bond acceptors (Lipinski definition) is 2. The Balaban J connectivity index is 1.64. The molecule has 0 atom stereocenters. The molecule has 0 spiro atoms. The number of nitrogens with one attached hydrogen (secondary N) is 1. The standard InChI is InChI=1S/C13H22N2O/c1-2-16-9-3-7-15-8-6-12(11-15)10-14-13-4-5-13/h6,8,11,13-14H,2-5,7,9-10H2,1H3. The van der Waals surface area contributed by atoms with Crippen molar-refractivity contribution in [2.75, 3.05) is 13.2 Å². The molecule has 0 radical (unpaired) electrons. The maximum absolute atomic E-state index is 5.32. The van der Waals surface area contributed by atoms with Crippen molar-refractivity contribution in [3.05, 3.63) is 24.0 Å². The van der Waals surface area contributed by atoms with Crippen molar-refractivity contribution in [1.29, 1.82) is 0 Å². The van der Waals surface area contributed by atoms with Crippen molar-refractivity contribution in [1.82, 2.24) is 9.88 Å². The van der Waals surface area contributed by atoms with Crippen molar-refractivity contribution in [2.45, 2.75) is 45.3 Å². The quantitative estimate of drug-likeness (QED) is 0.682. The second-order valence-electron chi connectivity index (χ2n) is 4.46. The van der Waals surface area contributed by atoms with Gasteiger partial charge in [-0.05, 0) is 37.8 Å². The summed E-state index contributed by atoms with van der Waals surface area (Å²) < 4.78 is 7.58. The molecule has 0 bridgehead atoms. The molecular formula is C13H22N2O. The zero-order chi connectivity index (χ0) is 11.2. The molecule has 0 unspecified atom stereocenters. The molecule has 0 aliphatic heterocycles. The molecule has 1 N–H and O–H groups in total. The van der Waals surface area contributed by atoms with Gasteiger partial charge in [-0.2, -0.15) is 0 Å². The van der Waals surface area contributed by atoms with Gasteiger partial charge in [-0.3, -0.25) is 0 Å². The average molecular weight is 222 g/mol. The third-order valence-corrected chi connectivity index (χ3v) is 2.89. The molecule has 1 aliphatic rings. The lowest BCUT2D eigenvalue weighted by atomic mass is 10.3. The van der Waals surface area contributed by atoms with Gasteiger partial charge in [0, 0.05) is 44.7 Å². The van der Waals surface area contributed by atoms with Crippen LogP contribution < -0.4 is 5.32 Å². The second-order valence-corrected chi connectivity index (χ2v) is 4.46. The van der Waals surface area contributed by atoms with E-state index in [2.05, 4.69) is 28.3 Å². The fourth-order valence-corrected chi connectivity index (χ4v) is 1.78. The van der Waals surface area contributed by atoms with E-state index in [1.54, 1.807) is 0 Å². The van der Waals surface area contributed by atoms with Crippen molar-refractivity contribution < 1.29 is 4.74 Å². The third-order valence-electron chi connectivity index (χ3n) is 2.89. The van der Waals surface area contributed by atoms with Crippen molar-refractivity contribution >= 4 is 0 Å². The Kier molecular flexibility index (Phi) is 4.43. The van der Waals surface area contributed by atoms with Crippen LogP contribution in [0.4, 0.5) is 0 Å². The van der Waals surface area contributed by atoms with Crippen LogP contribution in [0.15, 0.2) is 18.5 Å². The first-order chi connectivity index (χ1) is 7.88. The largest absolute Gasteiger partial charge is 0.382 e. The van der Waals surface area contributed by atoms with Gasteiger partial charge in [-0.1, -0.05) is 0 Å². The maximum atomic E-state index is 5.32. The lowest BCUT2D eigenvalue weighted by Gasteiger charge is -2.03. The highest BCUT2D eigenvalue weighted by Gasteiger charge is 2.19. The summed E-state index contributed by atoms with van der Waals surface area (Å²) >= 11 is 0. The molecule has 1 aromatic heterocycles. The first-order valence-corrected chi connectivity index (χ1v) is 6.34. The van der Waals surface area contributed by atoms with Gasteiger partial charge in [0.05, 0.1) is 0 Å². The summed E-state index contributed by atoms with van der Waals surface area (Å²) in [7, 11) is 0. The Labute approximate surface area is 97.8 Å². The summed E-state index contributed by atoms with van der Waals surface area (Å²) in [5, 5.41) is 3.52. The van der Waals surface area contributed by atoms with Crippen LogP contribution in [0.25, 0.3) is 0 Å². The lowest BCUT2D eigenvalue weighted by molar-refractivity contribution is 0.141. The van der Waals surface area contributed by atoms with Crippen molar-refractivity contribution in [2.24, 2.45) is 0 Å². The SMILES string of the molecule is CCOCCCn1ccc(CNC2CC2)c1. The first kappa shape index (κ1) is 11.7. The van der Waals surface area contributed by atoms with Gasteiger partial charge in [0.1, 0.15) is 0 Å². The monoisotopic (exact) mass is 222 g/mol. The van der Waals surface area contributed by atoms with E-state index >= 15 is 0 Å². The fraction of sp³-hybridized carbons (Fsp3) is 0.692. The van der Waals surface area contributed by atoms with Crippen LogP contribution in [0.1, 0.15) is 31.7 Å². The van der Waals surface area contributed by atoms with Gasteiger partial charge < -0.3 is 14.6 Å². The van der Waals surface area contributed by atoms with Crippen LogP contribution in [0.3, 0.4) is 0 Å². The van der Waals surface area contributed by atoms with E-state index < -0.39 is 0 Å². The van der Waals surface area contributed by atoms with Gasteiger partial charge in [-0.15, -0.1) is 0 Å². The molecule has 3 nitrogen and oxygen atoms in total. The van der Waals surface area contributed by atoms with Gasteiger partial charge in [0.2, 0.25) is 0 Å². The first-order valence-electron chi connectivity index (χ1n) is 6.34. The number of aryl methyl sites for hydroxylation is 1. The smallest absolute Gasteiger partial charge is 0.0482 e. The minimum Gasteiger partial charge on any atom is -0.382 e. The number of aromatic nitrogens is 1. The minimum atomic E-state index is 0.793. The fourth-order valence-electron chi connectivity index (χ4n) is 1.78. The van der Waals surface area contributed by atoms with E-state index in [0.29, 0.717) is 0 Å². The Bertz CT molecular complexity index is 305. The van der Waals surface area contributed by atoms with Crippen molar-refractivity contribution in [3.8, 4) is 0 Å². The third kappa shape index (κ3) is 3.99. The molecular weight excluding hydrogens is 200 g/mol. The molecule has 1 aromatic rings. The molecule has 3 heteroatoms. The molecule has 0 amide bonds. The van der Waals surface area contributed by atoms with E-state index in [9.17, 15) is 0 Å². The Morgan fingerprint density at radius 3 is 3.12 bits per heavy atom. The number of hydrogen-bond donors (Lipinski definition) is 1. The highest BCUT2D eigenvalue weighted by molar-refractivity contribution is 5.10. The van der Waals surface area contributed by atoms with E-state index in [1.807, 2.05) is 6.92 Å². The molecule has 90 valence electrons. The number of ether oxygens (including phenoxy) is 1.